The Morgan fingerprint density at radius 2 is 2.19 bits per heavy atom. The van der Waals surface area contributed by atoms with Crippen molar-refractivity contribution in [2.24, 2.45) is 0 Å². The summed E-state index contributed by atoms with van der Waals surface area (Å²) in [5, 5.41) is 21.6. The Labute approximate surface area is 122 Å². The predicted octanol–water partition coefficient (Wildman–Crippen LogP) is 3.76. The molecule has 1 atom stereocenters. The first kappa shape index (κ1) is 12.3. The monoisotopic (exact) mass is 279 g/mol. The number of aromatic hydroxyl groups is 1. The molecule has 0 aliphatic heterocycles. The maximum Gasteiger partial charge on any atom is 0.115 e. The first-order chi connectivity index (χ1) is 10.3. The summed E-state index contributed by atoms with van der Waals surface area (Å²) in [6, 6.07) is 12.1. The number of H-pyrrole nitrogens is 1. The van der Waals surface area contributed by atoms with E-state index >= 15 is 0 Å². The number of phenols is 1. The van der Waals surface area contributed by atoms with Crippen molar-refractivity contribution in [1.82, 2.24) is 10.2 Å². The number of aromatic amines is 1. The highest BCUT2D eigenvalue weighted by Gasteiger charge is 2.21. The fourth-order valence-electron chi connectivity index (χ4n) is 3.21. The smallest absolute Gasteiger partial charge is 0.115 e. The van der Waals surface area contributed by atoms with Gasteiger partial charge in [0.2, 0.25) is 0 Å². The van der Waals surface area contributed by atoms with E-state index in [0.717, 1.165) is 35.9 Å². The molecule has 1 unspecified atom stereocenters. The second-order valence-corrected chi connectivity index (χ2v) is 5.61. The number of phenolic OH excluding ortho intramolecular Hbond substituents is 1. The van der Waals surface area contributed by atoms with Crippen molar-refractivity contribution in [1.29, 1.82) is 0 Å². The van der Waals surface area contributed by atoms with E-state index in [4.69, 9.17) is 0 Å². The molecule has 3 aromatic rings. The first-order valence-corrected chi connectivity index (χ1v) is 7.32. The SMILES string of the molecule is Oc1ccc2c(c1)C(Nc1cccc3cn[nH]c13)CCC2. The van der Waals surface area contributed by atoms with E-state index in [1.807, 2.05) is 30.5 Å². The molecule has 4 nitrogen and oxygen atoms in total. The fraction of sp³-hybridized carbons (Fsp3) is 0.235. The van der Waals surface area contributed by atoms with E-state index < -0.39 is 0 Å². The van der Waals surface area contributed by atoms with Gasteiger partial charge in [-0.3, -0.25) is 5.10 Å². The maximum atomic E-state index is 9.77. The number of hydrogen-bond donors (Lipinski definition) is 3. The summed E-state index contributed by atoms with van der Waals surface area (Å²) < 4.78 is 0. The Hall–Kier alpha value is -2.49. The highest BCUT2D eigenvalue weighted by molar-refractivity contribution is 5.90. The summed E-state index contributed by atoms with van der Waals surface area (Å²) in [6.07, 6.45) is 5.15. The molecule has 1 aliphatic rings. The number of hydrogen-bond acceptors (Lipinski definition) is 3. The summed E-state index contributed by atoms with van der Waals surface area (Å²) >= 11 is 0. The van der Waals surface area contributed by atoms with Gasteiger partial charge in [-0.1, -0.05) is 18.2 Å². The molecule has 21 heavy (non-hydrogen) atoms. The van der Waals surface area contributed by atoms with Gasteiger partial charge in [0.25, 0.3) is 0 Å². The van der Waals surface area contributed by atoms with Crippen LogP contribution in [0, 0.1) is 0 Å². The molecule has 4 heteroatoms. The molecule has 0 radical (unpaired) electrons. The van der Waals surface area contributed by atoms with Gasteiger partial charge in [-0.15, -0.1) is 0 Å². The van der Waals surface area contributed by atoms with Gasteiger partial charge in [0.1, 0.15) is 5.75 Å². The molecule has 0 fully saturated rings. The Balaban J connectivity index is 1.73. The number of anilines is 1. The average Bonchev–Trinajstić information content (AvgIpc) is 2.97. The number of para-hydroxylation sites is 1. The minimum atomic E-state index is 0.231. The summed E-state index contributed by atoms with van der Waals surface area (Å²) in [6.45, 7) is 0. The highest BCUT2D eigenvalue weighted by Crippen LogP contribution is 2.35. The minimum Gasteiger partial charge on any atom is -0.508 e. The van der Waals surface area contributed by atoms with Gasteiger partial charge in [0, 0.05) is 5.39 Å². The van der Waals surface area contributed by atoms with E-state index in [0.29, 0.717) is 5.75 Å². The quantitative estimate of drug-likeness (QED) is 0.669. The van der Waals surface area contributed by atoms with Gasteiger partial charge in [0.15, 0.2) is 0 Å². The van der Waals surface area contributed by atoms with E-state index in [9.17, 15) is 5.11 Å². The van der Waals surface area contributed by atoms with Crippen LogP contribution in [0.5, 0.6) is 5.75 Å². The maximum absolute atomic E-state index is 9.77. The number of benzene rings is 2. The van der Waals surface area contributed by atoms with Gasteiger partial charge >= 0.3 is 0 Å². The van der Waals surface area contributed by atoms with Crippen molar-refractivity contribution in [2.75, 3.05) is 5.32 Å². The van der Waals surface area contributed by atoms with Crippen molar-refractivity contribution in [3.8, 4) is 5.75 Å². The highest BCUT2D eigenvalue weighted by atomic mass is 16.3. The van der Waals surface area contributed by atoms with Crippen LogP contribution in [0.3, 0.4) is 0 Å². The summed E-state index contributed by atoms with van der Waals surface area (Å²) in [7, 11) is 0. The van der Waals surface area contributed by atoms with Gasteiger partial charge in [-0.2, -0.15) is 5.10 Å². The first-order valence-electron chi connectivity index (χ1n) is 7.32. The molecule has 4 rings (SSSR count). The number of rotatable bonds is 2. The van der Waals surface area contributed by atoms with Crippen LogP contribution < -0.4 is 5.32 Å². The normalized spacial score (nSPS) is 17.6. The van der Waals surface area contributed by atoms with Gasteiger partial charge < -0.3 is 10.4 Å². The Morgan fingerprint density at radius 3 is 3.14 bits per heavy atom. The zero-order chi connectivity index (χ0) is 14.2. The molecular formula is C17H17N3O. The lowest BCUT2D eigenvalue weighted by Gasteiger charge is -2.27. The molecule has 0 amide bonds. The number of aromatic nitrogens is 2. The summed E-state index contributed by atoms with van der Waals surface area (Å²) in [4.78, 5) is 0. The molecule has 106 valence electrons. The number of aryl methyl sites for hydroxylation is 1. The van der Waals surface area contributed by atoms with Crippen molar-refractivity contribution < 1.29 is 5.11 Å². The third-order valence-corrected chi connectivity index (χ3v) is 4.25. The Morgan fingerprint density at radius 1 is 1.24 bits per heavy atom. The molecule has 0 spiro atoms. The molecule has 0 bridgehead atoms. The van der Waals surface area contributed by atoms with Crippen LogP contribution in [0.15, 0.2) is 42.6 Å². The molecule has 0 saturated carbocycles. The summed E-state index contributed by atoms with van der Waals surface area (Å²) in [5.74, 6) is 0.335. The van der Waals surface area contributed by atoms with Crippen molar-refractivity contribution >= 4 is 16.6 Å². The number of nitrogens with one attached hydrogen (secondary N) is 2. The van der Waals surface area contributed by atoms with Gasteiger partial charge in [-0.05, 0) is 48.6 Å². The Kier molecular flexibility index (Phi) is 2.81. The third kappa shape index (κ3) is 2.13. The van der Waals surface area contributed by atoms with Crippen LogP contribution in [0.2, 0.25) is 0 Å². The summed E-state index contributed by atoms with van der Waals surface area (Å²) in [5.41, 5.74) is 4.63. The van der Waals surface area contributed by atoms with Crippen LogP contribution in [-0.2, 0) is 6.42 Å². The molecule has 3 N–H and O–H groups in total. The lowest BCUT2D eigenvalue weighted by atomic mass is 9.87. The largest absolute Gasteiger partial charge is 0.508 e. The molecule has 0 saturated heterocycles. The molecule has 2 aromatic carbocycles. The zero-order valence-corrected chi connectivity index (χ0v) is 11.6. The lowest BCUT2D eigenvalue weighted by molar-refractivity contribution is 0.471. The molecule has 1 aliphatic carbocycles. The zero-order valence-electron chi connectivity index (χ0n) is 11.6. The van der Waals surface area contributed by atoms with E-state index in [-0.39, 0.29) is 6.04 Å². The van der Waals surface area contributed by atoms with Crippen LogP contribution in [0.1, 0.15) is 30.0 Å². The van der Waals surface area contributed by atoms with Gasteiger partial charge in [-0.25, -0.2) is 0 Å². The van der Waals surface area contributed by atoms with E-state index in [1.54, 1.807) is 6.07 Å². The van der Waals surface area contributed by atoms with Crippen molar-refractivity contribution in [3.05, 3.63) is 53.7 Å². The molecular weight excluding hydrogens is 262 g/mol. The second-order valence-electron chi connectivity index (χ2n) is 5.61. The average molecular weight is 279 g/mol. The number of fused-ring (bicyclic) bond motifs is 2. The fourth-order valence-corrected chi connectivity index (χ4v) is 3.21. The third-order valence-electron chi connectivity index (χ3n) is 4.25. The van der Waals surface area contributed by atoms with E-state index in [2.05, 4.69) is 21.6 Å². The van der Waals surface area contributed by atoms with Crippen molar-refractivity contribution in [3.63, 3.8) is 0 Å². The van der Waals surface area contributed by atoms with Crippen molar-refractivity contribution in [2.45, 2.75) is 25.3 Å². The lowest BCUT2D eigenvalue weighted by Crippen LogP contribution is -2.17. The number of nitrogens with zero attached hydrogens (tertiary/aromatic N) is 1. The van der Waals surface area contributed by atoms with Crippen LogP contribution in [-0.4, -0.2) is 15.3 Å². The van der Waals surface area contributed by atoms with Crippen LogP contribution in [0.4, 0.5) is 5.69 Å². The molecule has 1 aromatic heterocycles. The molecule has 1 heterocycles. The second kappa shape index (κ2) is 4.81. The Bertz CT molecular complexity index is 794. The topological polar surface area (TPSA) is 60.9 Å². The standard InChI is InChI=1S/C17H17N3O/c21-13-8-7-11-3-1-5-15(14(11)9-13)19-16-6-2-4-12-10-18-20-17(12)16/h2,4,6-10,15,19,21H,1,3,5H2,(H,18,20). The van der Waals surface area contributed by atoms with Gasteiger partial charge in [0.05, 0.1) is 23.4 Å². The van der Waals surface area contributed by atoms with Crippen LogP contribution >= 0.6 is 0 Å². The van der Waals surface area contributed by atoms with E-state index in [1.165, 1.54) is 11.1 Å². The minimum absolute atomic E-state index is 0.231. The van der Waals surface area contributed by atoms with Crippen LogP contribution in [0.25, 0.3) is 10.9 Å². The predicted molar refractivity (Wildman–Crippen MR) is 83.5 cm³/mol.